The van der Waals surface area contributed by atoms with Crippen LogP contribution in [0.5, 0.6) is 17.2 Å². The molecule has 5 rings (SSSR count). The summed E-state index contributed by atoms with van der Waals surface area (Å²) < 4.78 is 22.4. The van der Waals surface area contributed by atoms with Crippen LogP contribution < -0.4 is 19.5 Å². The largest absolute Gasteiger partial charge is 0.493 e. The zero-order chi connectivity index (χ0) is 37.4. The molecule has 0 spiro atoms. The smallest absolute Gasteiger partial charge is 0.295 e. The minimum Gasteiger partial charge on any atom is -0.493 e. The molecule has 278 valence electrons. The summed E-state index contributed by atoms with van der Waals surface area (Å²) in [7, 11) is 4.35. The first-order chi connectivity index (χ1) is 25.9. The number of rotatable bonds is 19. The summed E-state index contributed by atoms with van der Waals surface area (Å²) in [5, 5.41) is 3.29. The molecule has 0 bridgehead atoms. The average Bonchev–Trinajstić information content (AvgIpc) is 3.64. The van der Waals surface area contributed by atoms with E-state index in [1.165, 1.54) is 49.5 Å². The topological polar surface area (TPSA) is 103 Å². The lowest BCUT2D eigenvalue weighted by atomic mass is 9.98. The molecule has 0 aromatic heterocycles. The fraction of sp³-hybridized carbons (Fsp3) is 0.341. The first kappa shape index (κ1) is 38.8. The van der Waals surface area contributed by atoms with Crippen LogP contribution >= 0.6 is 0 Å². The van der Waals surface area contributed by atoms with Crippen LogP contribution in [0, 0.1) is 0 Å². The molecule has 9 heteroatoms. The standard InChI is InChI=1S/C44H50N2O7/c1-50-39-28-35(29-40(51-2)42(39)52-3)41(47)44(49)46-31-37(53-27-15-24-34-20-11-6-12-21-34)30-38(46)43(48)45-36(25-13-22-32-16-7-4-8-17-32)26-14-23-33-18-9-5-10-19-33/h4-12,15-21,24,28-29,36-38H,13-14,22-23,25-27,30-31H2,1-3H3,(H,45,48)/t37?,38-/m0/s1. The van der Waals surface area contributed by atoms with Crippen LogP contribution in [0.1, 0.15) is 59.2 Å². The van der Waals surface area contributed by atoms with Gasteiger partial charge in [-0.25, -0.2) is 0 Å². The third-order valence-corrected chi connectivity index (χ3v) is 9.55. The van der Waals surface area contributed by atoms with E-state index in [0.29, 0.717) is 12.4 Å². The highest BCUT2D eigenvalue weighted by molar-refractivity contribution is 6.43. The van der Waals surface area contributed by atoms with Gasteiger partial charge in [-0.1, -0.05) is 103 Å². The van der Waals surface area contributed by atoms with Gasteiger partial charge in [-0.15, -0.1) is 0 Å². The lowest BCUT2D eigenvalue weighted by molar-refractivity contribution is -0.135. The molecule has 2 amide bonds. The van der Waals surface area contributed by atoms with Crippen molar-refractivity contribution in [2.24, 2.45) is 0 Å². The first-order valence-electron chi connectivity index (χ1n) is 18.3. The number of methoxy groups -OCH3 is 3. The Labute approximate surface area is 312 Å². The number of ether oxygens (including phenoxy) is 4. The summed E-state index contributed by atoms with van der Waals surface area (Å²) in [6.07, 6.45) is 8.84. The maximum atomic E-state index is 14.2. The molecular weight excluding hydrogens is 668 g/mol. The Balaban J connectivity index is 1.33. The van der Waals surface area contributed by atoms with Crippen LogP contribution in [0.15, 0.2) is 109 Å². The van der Waals surface area contributed by atoms with Gasteiger partial charge in [0.1, 0.15) is 6.04 Å². The molecule has 1 heterocycles. The highest BCUT2D eigenvalue weighted by atomic mass is 16.5. The number of Topliss-reactive ketones (excluding diaryl/α,β-unsaturated/α-hetero) is 1. The van der Waals surface area contributed by atoms with Crippen LogP contribution in [0.4, 0.5) is 0 Å². The molecule has 1 saturated heterocycles. The molecule has 0 saturated carbocycles. The molecule has 0 aliphatic carbocycles. The van der Waals surface area contributed by atoms with Gasteiger partial charge in [-0.3, -0.25) is 14.4 Å². The number of nitrogens with zero attached hydrogens (tertiary/aromatic N) is 1. The number of amides is 2. The summed E-state index contributed by atoms with van der Waals surface area (Å²) in [4.78, 5) is 43.4. The van der Waals surface area contributed by atoms with E-state index in [4.69, 9.17) is 18.9 Å². The Morgan fingerprint density at radius 1 is 0.774 bits per heavy atom. The highest BCUT2D eigenvalue weighted by Crippen LogP contribution is 2.38. The maximum absolute atomic E-state index is 14.2. The Kier molecular flexibility index (Phi) is 14.6. The number of nitrogens with one attached hydrogen (secondary N) is 1. The zero-order valence-corrected chi connectivity index (χ0v) is 30.9. The third-order valence-electron chi connectivity index (χ3n) is 9.55. The molecule has 0 radical (unpaired) electrons. The number of carbonyl (C=O) groups is 3. The van der Waals surface area contributed by atoms with Gasteiger partial charge in [0.2, 0.25) is 11.7 Å². The van der Waals surface area contributed by atoms with Gasteiger partial charge in [0.15, 0.2) is 11.5 Å². The normalized spacial score (nSPS) is 15.4. The van der Waals surface area contributed by atoms with Crippen molar-refractivity contribution in [1.29, 1.82) is 0 Å². The Bertz CT molecular complexity index is 1730. The summed E-state index contributed by atoms with van der Waals surface area (Å²) in [5.41, 5.74) is 3.61. The Morgan fingerprint density at radius 2 is 1.32 bits per heavy atom. The molecule has 1 aliphatic heterocycles. The van der Waals surface area contributed by atoms with E-state index in [2.05, 4.69) is 29.6 Å². The summed E-state index contributed by atoms with van der Waals surface area (Å²) in [6, 6.07) is 32.4. The van der Waals surface area contributed by atoms with Crippen molar-refractivity contribution in [2.75, 3.05) is 34.5 Å². The molecule has 53 heavy (non-hydrogen) atoms. The van der Waals surface area contributed by atoms with Crippen molar-refractivity contribution in [3.05, 3.63) is 131 Å². The quantitative estimate of drug-likeness (QED) is 0.0814. The lowest BCUT2D eigenvalue weighted by Gasteiger charge is -2.26. The summed E-state index contributed by atoms with van der Waals surface area (Å²) in [5.74, 6) is -1.06. The molecule has 1 aliphatic rings. The summed E-state index contributed by atoms with van der Waals surface area (Å²) >= 11 is 0. The second kappa shape index (κ2) is 20.0. The second-order valence-electron chi connectivity index (χ2n) is 13.2. The highest BCUT2D eigenvalue weighted by Gasteiger charge is 2.43. The number of hydrogen-bond donors (Lipinski definition) is 1. The van der Waals surface area contributed by atoms with Crippen LogP contribution in [-0.4, -0.2) is 75.2 Å². The van der Waals surface area contributed by atoms with Gasteiger partial charge in [0, 0.05) is 24.6 Å². The van der Waals surface area contributed by atoms with Crippen LogP contribution in [0.25, 0.3) is 6.08 Å². The molecule has 2 atom stereocenters. The van der Waals surface area contributed by atoms with E-state index >= 15 is 0 Å². The van der Waals surface area contributed by atoms with E-state index in [0.717, 1.165) is 44.1 Å². The molecule has 4 aromatic rings. The average molecular weight is 719 g/mol. The van der Waals surface area contributed by atoms with Gasteiger partial charge in [-0.2, -0.15) is 0 Å². The van der Waals surface area contributed by atoms with Crippen LogP contribution in [0.2, 0.25) is 0 Å². The number of ketones is 1. The van der Waals surface area contributed by atoms with Crippen LogP contribution in [-0.2, 0) is 27.2 Å². The van der Waals surface area contributed by atoms with Crippen molar-refractivity contribution in [2.45, 2.75) is 63.1 Å². The van der Waals surface area contributed by atoms with E-state index in [1.807, 2.05) is 78.9 Å². The van der Waals surface area contributed by atoms with Gasteiger partial charge >= 0.3 is 0 Å². The van der Waals surface area contributed by atoms with Gasteiger partial charge in [0.25, 0.3) is 11.7 Å². The number of hydrogen-bond acceptors (Lipinski definition) is 7. The van der Waals surface area contributed by atoms with E-state index in [9.17, 15) is 14.4 Å². The minimum absolute atomic E-state index is 0.0681. The van der Waals surface area contributed by atoms with Crippen molar-refractivity contribution in [3.63, 3.8) is 0 Å². The van der Waals surface area contributed by atoms with E-state index < -0.39 is 23.8 Å². The third kappa shape index (κ3) is 11.0. The van der Waals surface area contributed by atoms with Crippen LogP contribution in [0.3, 0.4) is 0 Å². The molecule has 9 nitrogen and oxygen atoms in total. The Morgan fingerprint density at radius 3 is 1.85 bits per heavy atom. The number of likely N-dealkylation sites (tertiary alicyclic amines) is 1. The molecule has 1 fully saturated rings. The van der Waals surface area contributed by atoms with Gasteiger partial charge in [-0.05, 0) is 67.3 Å². The van der Waals surface area contributed by atoms with Gasteiger partial charge < -0.3 is 29.2 Å². The maximum Gasteiger partial charge on any atom is 0.295 e. The van der Waals surface area contributed by atoms with Crippen molar-refractivity contribution < 1.29 is 33.3 Å². The number of carbonyl (C=O) groups excluding carboxylic acids is 3. The molecule has 4 aromatic carbocycles. The molecule has 1 N–H and O–H groups in total. The first-order valence-corrected chi connectivity index (χ1v) is 18.3. The van der Waals surface area contributed by atoms with Crippen molar-refractivity contribution in [3.8, 4) is 17.2 Å². The Hall–Kier alpha value is -5.41. The fourth-order valence-corrected chi connectivity index (χ4v) is 6.78. The SMILES string of the molecule is COc1cc(C(=O)C(=O)N2CC(OCC=Cc3ccccc3)C[C@H]2C(=O)NC(CCCc2ccccc2)CCCc2ccccc2)cc(OC)c1OC. The molecule has 1 unspecified atom stereocenters. The monoisotopic (exact) mass is 718 g/mol. The van der Waals surface area contributed by atoms with Gasteiger partial charge in [0.05, 0.1) is 34.0 Å². The number of benzene rings is 4. The second-order valence-corrected chi connectivity index (χ2v) is 13.2. The van der Waals surface area contributed by atoms with E-state index in [-0.39, 0.29) is 42.0 Å². The predicted molar refractivity (Wildman–Crippen MR) is 206 cm³/mol. The lowest BCUT2D eigenvalue weighted by Crippen LogP contribution is -2.50. The fourth-order valence-electron chi connectivity index (χ4n) is 6.78. The summed E-state index contributed by atoms with van der Waals surface area (Å²) in [6.45, 7) is 0.386. The minimum atomic E-state index is -0.887. The van der Waals surface area contributed by atoms with Crippen molar-refractivity contribution >= 4 is 23.7 Å². The van der Waals surface area contributed by atoms with Crippen molar-refractivity contribution in [1.82, 2.24) is 10.2 Å². The number of aryl methyl sites for hydroxylation is 2. The molecular formula is C44H50N2O7. The van der Waals surface area contributed by atoms with E-state index in [1.54, 1.807) is 0 Å². The predicted octanol–water partition coefficient (Wildman–Crippen LogP) is 7.13. The zero-order valence-electron chi connectivity index (χ0n) is 30.9.